The van der Waals surface area contributed by atoms with E-state index < -0.39 is 6.04 Å². The number of hydrogen-bond acceptors (Lipinski definition) is 4. The van der Waals surface area contributed by atoms with E-state index in [2.05, 4.69) is 14.9 Å². The van der Waals surface area contributed by atoms with Gasteiger partial charge in [-0.2, -0.15) is 0 Å². The Morgan fingerprint density at radius 2 is 2.07 bits per heavy atom. The number of imidazole rings is 1. The fourth-order valence-corrected chi connectivity index (χ4v) is 4.38. The number of nitrogens with one attached hydrogen (secondary N) is 1. The minimum absolute atomic E-state index is 0.0242. The van der Waals surface area contributed by atoms with Crippen LogP contribution >= 0.6 is 11.3 Å². The predicted molar refractivity (Wildman–Crippen MR) is 114 cm³/mol. The molecule has 0 radical (unpaired) electrons. The van der Waals surface area contributed by atoms with Gasteiger partial charge in [0.05, 0.1) is 6.42 Å². The number of hydrogen-bond donors (Lipinski definition) is 1. The second-order valence-corrected chi connectivity index (χ2v) is 8.32. The first-order chi connectivity index (χ1) is 14.1. The van der Waals surface area contributed by atoms with Gasteiger partial charge in [-0.3, -0.25) is 9.59 Å². The first-order valence-electron chi connectivity index (χ1n) is 9.79. The largest absolute Gasteiger partial charge is 0.331 e. The van der Waals surface area contributed by atoms with E-state index in [1.54, 1.807) is 22.4 Å². The zero-order valence-electron chi connectivity index (χ0n) is 16.4. The Morgan fingerprint density at radius 1 is 1.24 bits per heavy atom. The summed E-state index contributed by atoms with van der Waals surface area (Å²) in [4.78, 5) is 32.4. The summed E-state index contributed by atoms with van der Waals surface area (Å²) in [6.45, 7) is 3.36. The number of aromatic nitrogens is 2. The van der Waals surface area contributed by atoms with Gasteiger partial charge < -0.3 is 14.8 Å². The molecule has 1 saturated heterocycles. The van der Waals surface area contributed by atoms with Crippen molar-refractivity contribution in [1.29, 1.82) is 0 Å². The van der Waals surface area contributed by atoms with E-state index >= 15 is 0 Å². The third-order valence-corrected chi connectivity index (χ3v) is 6.16. The van der Waals surface area contributed by atoms with Gasteiger partial charge in [-0.25, -0.2) is 4.98 Å². The summed E-state index contributed by atoms with van der Waals surface area (Å²) < 4.78 is 2.07. The van der Waals surface area contributed by atoms with Crippen LogP contribution in [0.2, 0.25) is 0 Å². The maximum atomic E-state index is 12.8. The van der Waals surface area contributed by atoms with Gasteiger partial charge in [0.15, 0.2) is 0 Å². The van der Waals surface area contributed by atoms with Crippen LogP contribution in [-0.4, -0.2) is 38.9 Å². The lowest BCUT2D eigenvalue weighted by Crippen LogP contribution is -2.43. The van der Waals surface area contributed by atoms with Crippen LogP contribution in [0.3, 0.4) is 0 Å². The molecule has 0 saturated carbocycles. The molecule has 0 bridgehead atoms. The van der Waals surface area contributed by atoms with Crippen molar-refractivity contribution in [1.82, 2.24) is 14.5 Å². The van der Waals surface area contributed by atoms with Crippen LogP contribution in [0.4, 0.5) is 5.69 Å². The zero-order chi connectivity index (χ0) is 20.2. The van der Waals surface area contributed by atoms with E-state index in [1.807, 2.05) is 54.9 Å². The lowest BCUT2D eigenvalue weighted by molar-refractivity contribution is -0.136. The average molecular weight is 409 g/mol. The summed E-state index contributed by atoms with van der Waals surface area (Å²) >= 11 is 1.57. The van der Waals surface area contributed by atoms with Gasteiger partial charge in [0.25, 0.3) is 0 Å². The predicted octanol–water partition coefficient (Wildman–Crippen LogP) is 3.47. The molecule has 1 fully saturated rings. The van der Waals surface area contributed by atoms with E-state index in [1.165, 1.54) is 0 Å². The smallest absolute Gasteiger partial charge is 0.247 e. The maximum Gasteiger partial charge on any atom is 0.247 e. The number of likely N-dealkylation sites (tertiary alicyclic amines) is 1. The van der Waals surface area contributed by atoms with E-state index in [9.17, 15) is 9.59 Å². The molecule has 0 spiro atoms. The molecule has 6 nitrogen and oxygen atoms in total. The molecule has 1 aromatic carbocycles. The van der Waals surface area contributed by atoms with Crippen molar-refractivity contribution in [3.8, 4) is 0 Å². The fraction of sp³-hybridized carbons (Fsp3) is 0.318. The van der Waals surface area contributed by atoms with Crippen LogP contribution in [0.25, 0.3) is 0 Å². The summed E-state index contributed by atoms with van der Waals surface area (Å²) in [6, 6.07) is 11.3. The third-order valence-electron chi connectivity index (χ3n) is 5.28. The summed E-state index contributed by atoms with van der Waals surface area (Å²) in [6.07, 6.45) is 5.67. The summed E-state index contributed by atoms with van der Waals surface area (Å²) in [5.41, 5.74) is 1.89. The van der Waals surface area contributed by atoms with Gasteiger partial charge in [0.2, 0.25) is 11.8 Å². The molecule has 150 valence electrons. The lowest BCUT2D eigenvalue weighted by Gasteiger charge is -2.24. The quantitative estimate of drug-likeness (QED) is 0.679. The van der Waals surface area contributed by atoms with E-state index in [0.717, 1.165) is 34.9 Å². The molecule has 7 heteroatoms. The Labute approximate surface area is 174 Å². The van der Waals surface area contributed by atoms with Crippen LogP contribution in [0, 0.1) is 6.92 Å². The number of nitrogens with zero attached hydrogens (tertiary/aromatic N) is 3. The number of aryl methyl sites for hydroxylation is 1. The Kier molecular flexibility index (Phi) is 5.76. The molecule has 1 atom stereocenters. The van der Waals surface area contributed by atoms with E-state index in [4.69, 9.17) is 0 Å². The molecule has 1 N–H and O–H groups in total. The van der Waals surface area contributed by atoms with Crippen molar-refractivity contribution in [2.75, 3.05) is 11.9 Å². The van der Waals surface area contributed by atoms with Crippen LogP contribution in [0.15, 0.2) is 54.2 Å². The van der Waals surface area contributed by atoms with Crippen LogP contribution in [0.1, 0.15) is 29.1 Å². The van der Waals surface area contributed by atoms with Crippen molar-refractivity contribution in [2.24, 2.45) is 0 Å². The third kappa shape index (κ3) is 4.56. The van der Waals surface area contributed by atoms with Crippen LogP contribution in [0.5, 0.6) is 0 Å². The van der Waals surface area contributed by atoms with Gasteiger partial charge in [-0.1, -0.05) is 18.2 Å². The highest BCUT2D eigenvalue weighted by molar-refractivity contribution is 7.10. The molecular weight excluding hydrogens is 384 g/mol. The number of carbonyl (C=O) groups excluding carboxylic acids is 2. The molecule has 2 amide bonds. The van der Waals surface area contributed by atoms with Gasteiger partial charge in [0, 0.05) is 36.0 Å². The van der Waals surface area contributed by atoms with Crippen molar-refractivity contribution in [3.05, 3.63) is 70.4 Å². The summed E-state index contributed by atoms with van der Waals surface area (Å²) in [5, 5.41) is 4.94. The van der Waals surface area contributed by atoms with Crippen molar-refractivity contribution >= 4 is 28.8 Å². The molecule has 4 rings (SSSR count). The SMILES string of the molecule is Cc1nccn1Cc1ccc(NC(=O)C2CCCN2C(=O)Cc2cccs2)cc1. The zero-order valence-corrected chi connectivity index (χ0v) is 17.2. The maximum absolute atomic E-state index is 12.8. The molecule has 3 aromatic rings. The lowest BCUT2D eigenvalue weighted by atomic mass is 10.1. The number of amides is 2. The Bertz CT molecular complexity index is 979. The number of thiophene rings is 1. The first-order valence-corrected chi connectivity index (χ1v) is 10.7. The van der Waals surface area contributed by atoms with Gasteiger partial charge >= 0.3 is 0 Å². The average Bonchev–Trinajstić information content (AvgIpc) is 3.46. The molecule has 1 aliphatic rings. The summed E-state index contributed by atoms with van der Waals surface area (Å²) in [7, 11) is 0. The van der Waals surface area contributed by atoms with Gasteiger partial charge in [-0.15, -0.1) is 11.3 Å². The first kappa shape index (κ1) is 19.4. The monoisotopic (exact) mass is 408 g/mol. The molecule has 29 heavy (non-hydrogen) atoms. The Morgan fingerprint density at radius 3 is 2.76 bits per heavy atom. The number of carbonyl (C=O) groups is 2. The van der Waals surface area contributed by atoms with Crippen molar-refractivity contribution in [3.63, 3.8) is 0 Å². The highest BCUT2D eigenvalue weighted by Crippen LogP contribution is 2.22. The highest BCUT2D eigenvalue weighted by atomic mass is 32.1. The number of rotatable bonds is 6. The van der Waals surface area contributed by atoms with Crippen LogP contribution < -0.4 is 5.32 Å². The Balaban J connectivity index is 1.36. The standard InChI is InChI=1S/C22H24N4O2S/c1-16-23-10-12-25(16)15-17-6-8-18(9-7-17)24-22(28)20-5-2-11-26(20)21(27)14-19-4-3-13-29-19/h3-4,6-10,12-13,20H,2,5,11,14-15H2,1H3,(H,24,28). The number of benzene rings is 1. The Hall–Kier alpha value is -2.93. The van der Waals surface area contributed by atoms with Gasteiger partial charge in [0.1, 0.15) is 11.9 Å². The molecule has 1 unspecified atom stereocenters. The van der Waals surface area contributed by atoms with Crippen molar-refractivity contribution in [2.45, 2.75) is 38.8 Å². The fourth-order valence-electron chi connectivity index (χ4n) is 3.69. The second kappa shape index (κ2) is 8.61. The number of anilines is 1. The van der Waals surface area contributed by atoms with E-state index in [-0.39, 0.29) is 11.8 Å². The summed E-state index contributed by atoms with van der Waals surface area (Å²) in [5.74, 6) is 0.882. The molecule has 2 aromatic heterocycles. The topological polar surface area (TPSA) is 67.2 Å². The molecular formula is C22H24N4O2S. The van der Waals surface area contributed by atoms with Crippen molar-refractivity contribution < 1.29 is 9.59 Å². The minimum Gasteiger partial charge on any atom is -0.331 e. The second-order valence-electron chi connectivity index (χ2n) is 7.29. The minimum atomic E-state index is -0.393. The van der Waals surface area contributed by atoms with E-state index in [0.29, 0.717) is 19.4 Å². The normalized spacial score (nSPS) is 16.2. The van der Waals surface area contributed by atoms with Crippen LogP contribution in [-0.2, 0) is 22.6 Å². The highest BCUT2D eigenvalue weighted by Gasteiger charge is 2.34. The molecule has 3 heterocycles. The molecule has 1 aliphatic heterocycles. The van der Waals surface area contributed by atoms with Gasteiger partial charge in [-0.05, 0) is 48.9 Å². The molecule has 0 aliphatic carbocycles.